The number of benzene rings is 1. The van der Waals surface area contributed by atoms with Crippen LogP contribution in [0, 0.1) is 0 Å². The second kappa shape index (κ2) is 6.84. The number of fused-ring (bicyclic) bond motifs is 1. The number of pyridine rings is 1. The Kier molecular flexibility index (Phi) is 4.82. The van der Waals surface area contributed by atoms with E-state index in [1.165, 1.54) is 6.07 Å². The van der Waals surface area contributed by atoms with Gasteiger partial charge in [0, 0.05) is 40.6 Å². The standard InChI is InChI=1S/C17H20BrN3O2/c1-2-7-21(12-5-6-19-10-12)17(23)14-9-16(22)20-15-4-3-11(18)8-13(14)15/h3-4,8-9,12,19H,2,5-7,10H2,1H3,(H,20,22). The van der Waals surface area contributed by atoms with Crippen LogP contribution in [0.2, 0.25) is 0 Å². The Morgan fingerprint density at radius 3 is 2.91 bits per heavy atom. The fourth-order valence-electron chi connectivity index (χ4n) is 3.15. The Morgan fingerprint density at radius 2 is 2.22 bits per heavy atom. The van der Waals surface area contributed by atoms with E-state index in [0.29, 0.717) is 17.6 Å². The molecule has 0 bridgehead atoms. The van der Waals surface area contributed by atoms with E-state index in [2.05, 4.69) is 33.2 Å². The number of nitrogens with one attached hydrogen (secondary N) is 2. The Morgan fingerprint density at radius 1 is 1.39 bits per heavy atom. The molecule has 2 N–H and O–H groups in total. The molecule has 0 radical (unpaired) electrons. The summed E-state index contributed by atoms with van der Waals surface area (Å²) in [6.45, 7) is 4.51. The zero-order valence-electron chi connectivity index (χ0n) is 13.1. The van der Waals surface area contributed by atoms with Crippen LogP contribution >= 0.6 is 15.9 Å². The minimum absolute atomic E-state index is 0.0604. The summed E-state index contributed by atoms with van der Waals surface area (Å²) < 4.78 is 0.885. The third-order valence-electron chi connectivity index (χ3n) is 4.24. The molecular formula is C17H20BrN3O2. The van der Waals surface area contributed by atoms with Crippen LogP contribution in [0.3, 0.4) is 0 Å². The van der Waals surface area contributed by atoms with Gasteiger partial charge >= 0.3 is 0 Å². The molecule has 1 aromatic heterocycles. The van der Waals surface area contributed by atoms with E-state index in [4.69, 9.17) is 0 Å². The first kappa shape index (κ1) is 16.2. The third kappa shape index (κ3) is 3.33. The fourth-order valence-corrected chi connectivity index (χ4v) is 3.51. The topological polar surface area (TPSA) is 65.2 Å². The monoisotopic (exact) mass is 377 g/mol. The number of aromatic amines is 1. The summed E-state index contributed by atoms with van der Waals surface area (Å²) in [7, 11) is 0. The van der Waals surface area contributed by atoms with Gasteiger partial charge in [-0.2, -0.15) is 0 Å². The molecule has 0 spiro atoms. The molecule has 0 aliphatic carbocycles. The summed E-state index contributed by atoms with van der Waals surface area (Å²) in [5.41, 5.74) is 0.916. The van der Waals surface area contributed by atoms with Crippen molar-refractivity contribution in [2.75, 3.05) is 19.6 Å². The average molecular weight is 378 g/mol. The molecule has 2 heterocycles. The lowest BCUT2D eigenvalue weighted by atomic mass is 10.1. The lowest BCUT2D eigenvalue weighted by Gasteiger charge is -2.28. The number of H-pyrrole nitrogens is 1. The van der Waals surface area contributed by atoms with Crippen molar-refractivity contribution in [3.8, 4) is 0 Å². The van der Waals surface area contributed by atoms with Crippen LogP contribution in [0.25, 0.3) is 10.9 Å². The molecule has 1 amide bonds. The Balaban J connectivity index is 2.07. The molecule has 1 unspecified atom stereocenters. The van der Waals surface area contributed by atoms with Crippen molar-refractivity contribution in [2.45, 2.75) is 25.8 Å². The van der Waals surface area contributed by atoms with E-state index in [0.717, 1.165) is 35.8 Å². The maximum Gasteiger partial charge on any atom is 0.255 e. The summed E-state index contributed by atoms with van der Waals surface area (Å²) in [4.78, 5) is 29.8. The number of halogens is 1. The molecule has 0 saturated carbocycles. The van der Waals surface area contributed by atoms with Crippen molar-refractivity contribution in [1.82, 2.24) is 15.2 Å². The van der Waals surface area contributed by atoms with Gasteiger partial charge in [0.2, 0.25) is 5.56 Å². The molecular weight excluding hydrogens is 358 g/mol. The van der Waals surface area contributed by atoms with E-state index in [-0.39, 0.29) is 17.5 Å². The number of hydrogen-bond acceptors (Lipinski definition) is 3. The Labute approximate surface area is 143 Å². The highest BCUT2D eigenvalue weighted by Gasteiger charge is 2.27. The van der Waals surface area contributed by atoms with Crippen LogP contribution in [-0.2, 0) is 0 Å². The molecule has 3 rings (SSSR count). The number of amides is 1. The largest absolute Gasteiger partial charge is 0.334 e. The first-order valence-electron chi connectivity index (χ1n) is 7.94. The predicted molar refractivity (Wildman–Crippen MR) is 94.9 cm³/mol. The SMILES string of the molecule is CCCN(C(=O)c1cc(=O)[nH]c2ccc(Br)cc12)C1CCNC1. The van der Waals surface area contributed by atoms with Crippen molar-refractivity contribution in [1.29, 1.82) is 0 Å². The Hall–Kier alpha value is -1.66. The number of aromatic nitrogens is 1. The number of nitrogens with zero attached hydrogens (tertiary/aromatic N) is 1. The van der Waals surface area contributed by atoms with Gasteiger partial charge in [0.1, 0.15) is 0 Å². The fraction of sp³-hybridized carbons (Fsp3) is 0.412. The predicted octanol–water partition coefficient (Wildman–Crippen LogP) is 2.50. The number of carbonyl (C=O) groups excluding carboxylic acids is 1. The zero-order valence-corrected chi connectivity index (χ0v) is 14.6. The molecule has 1 aliphatic heterocycles. The number of hydrogen-bond donors (Lipinski definition) is 2. The molecule has 122 valence electrons. The summed E-state index contributed by atoms with van der Waals surface area (Å²) in [5.74, 6) is -0.0604. The normalized spacial score (nSPS) is 17.6. The highest BCUT2D eigenvalue weighted by molar-refractivity contribution is 9.10. The molecule has 1 aromatic carbocycles. The summed E-state index contributed by atoms with van der Waals surface area (Å²) in [6.07, 6.45) is 1.85. The maximum atomic E-state index is 13.1. The van der Waals surface area contributed by atoms with E-state index in [1.54, 1.807) is 0 Å². The van der Waals surface area contributed by atoms with Crippen LogP contribution in [-0.4, -0.2) is 41.5 Å². The molecule has 6 heteroatoms. The second-order valence-corrected chi connectivity index (χ2v) is 6.80. The van der Waals surface area contributed by atoms with E-state index >= 15 is 0 Å². The highest BCUT2D eigenvalue weighted by Crippen LogP contribution is 2.23. The van der Waals surface area contributed by atoms with Gasteiger partial charge in [-0.05, 0) is 37.6 Å². The molecule has 1 fully saturated rings. The summed E-state index contributed by atoms with van der Waals surface area (Å²) >= 11 is 3.44. The van der Waals surface area contributed by atoms with Crippen molar-refractivity contribution < 1.29 is 4.79 Å². The molecule has 1 aliphatic rings. The molecule has 5 nitrogen and oxygen atoms in total. The van der Waals surface area contributed by atoms with Gasteiger partial charge in [-0.3, -0.25) is 9.59 Å². The van der Waals surface area contributed by atoms with Crippen LogP contribution in [0.1, 0.15) is 30.1 Å². The van der Waals surface area contributed by atoms with Crippen molar-refractivity contribution in [2.24, 2.45) is 0 Å². The lowest BCUT2D eigenvalue weighted by molar-refractivity contribution is 0.0694. The minimum Gasteiger partial charge on any atom is -0.334 e. The van der Waals surface area contributed by atoms with Crippen molar-refractivity contribution in [3.63, 3.8) is 0 Å². The second-order valence-electron chi connectivity index (χ2n) is 5.88. The first-order chi connectivity index (χ1) is 11.1. The minimum atomic E-state index is -0.246. The van der Waals surface area contributed by atoms with Crippen LogP contribution < -0.4 is 10.9 Å². The maximum absolute atomic E-state index is 13.1. The van der Waals surface area contributed by atoms with Gasteiger partial charge in [-0.25, -0.2) is 0 Å². The molecule has 23 heavy (non-hydrogen) atoms. The van der Waals surface area contributed by atoms with Gasteiger partial charge in [0.25, 0.3) is 5.91 Å². The van der Waals surface area contributed by atoms with Gasteiger partial charge in [0.15, 0.2) is 0 Å². The highest BCUT2D eigenvalue weighted by atomic mass is 79.9. The van der Waals surface area contributed by atoms with Crippen LogP contribution in [0.4, 0.5) is 0 Å². The molecule has 2 aromatic rings. The Bertz CT molecular complexity index is 781. The van der Waals surface area contributed by atoms with Gasteiger partial charge < -0.3 is 15.2 Å². The molecule has 1 atom stereocenters. The first-order valence-corrected chi connectivity index (χ1v) is 8.73. The third-order valence-corrected chi connectivity index (χ3v) is 4.73. The lowest BCUT2D eigenvalue weighted by Crippen LogP contribution is -2.42. The molecule has 1 saturated heterocycles. The van der Waals surface area contributed by atoms with Gasteiger partial charge in [0.05, 0.1) is 5.56 Å². The van der Waals surface area contributed by atoms with E-state index in [9.17, 15) is 9.59 Å². The summed E-state index contributed by atoms with van der Waals surface area (Å²) in [5, 5.41) is 4.08. The average Bonchev–Trinajstić information content (AvgIpc) is 3.05. The smallest absolute Gasteiger partial charge is 0.255 e. The van der Waals surface area contributed by atoms with Crippen molar-refractivity contribution in [3.05, 3.63) is 44.7 Å². The number of carbonyl (C=O) groups is 1. The van der Waals surface area contributed by atoms with Crippen LogP contribution in [0.5, 0.6) is 0 Å². The van der Waals surface area contributed by atoms with E-state index in [1.807, 2.05) is 23.1 Å². The number of rotatable bonds is 4. The zero-order chi connectivity index (χ0) is 16.4. The quantitative estimate of drug-likeness (QED) is 0.859. The summed E-state index contributed by atoms with van der Waals surface area (Å²) in [6, 6.07) is 7.18. The van der Waals surface area contributed by atoms with Gasteiger partial charge in [-0.1, -0.05) is 22.9 Å². The van der Waals surface area contributed by atoms with Crippen molar-refractivity contribution >= 4 is 32.7 Å². The van der Waals surface area contributed by atoms with Gasteiger partial charge in [-0.15, -0.1) is 0 Å². The van der Waals surface area contributed by atoms with E-state index < -0.39 is 0 Å². The van der Waals surface area contributed by atoms with Crippen LogP contribution in [0.15, 0.2) is 33.5 Å².